The van der Waals surface area contributed by atoms with Gasteiger partial charge in [0, 0.05) is 19.3 Å². The van der Waals surface area contributed by atoms with E-state index < -0.39 is 5.97 Å². The van der Waals surface area contributed by atoms with Crippen molar-refractivity contribution in [1.82, 2.24) is 4.98 Å². The Labute approximate surface area is 122 Å². The normalized spacial score (nSPS) is 10.3. The van der Waals surface area contributed by atoms with Crippen LogP contribution in [0.2, 0.25) is 5.02 Å². The average Bonchev–Trinajstić information content (AvgIpc) is 2.46. The number of aromatic nitrogens is 1. The number of benzene rings is 1. The van der Waals surface area contributed by atoms with Gasteiger partial charge >= 0.3 is 5.97 Å². The molecule has 0 radical (unpaired) electrons. The number of anilines is 1. The Balaban J connectivity index is 2.33. The van der Waals surface area contributed by atoms with E-state index in [-0.39, 0.29) is 10.6 Å². The quantitative estimate of drug-likeness (QED) is 0.916. The van der Waals surface area contributed by atoms with E-state index in [0.717, 1.165) is 5.56 Å². The molecule has 0 aliphatic heterocycles. The molecule has 0 saturated carbocycles. The van der Waals surface area contributed by atoms with Gasteiger partial charge in [-0.3, -0.25) is 0 Å². The van der Waals surface area contributed by atoms with Crippen LogP contribution >= 0.6 is 11.6 Å². The predicted octanol–water partition coefficient (Wildman–Crippen LogP) is 3.46. The van der Waals surface area contributed by atoms with Gasteiger partial charge in [-0.15, -0.1) is 0 Å². The van der Waals surface area contributed by atoms with Gasteiger partial charge in [0.15, 0.2) is 0 Å². The molecule has 1 aromatic heterocycles. The van der Waals surface area contributed by atoms with Crippen LogP contribution in [0.5, 0.6) is 0 Å². The van der Waals surface area contributed by atoms with Crippen molar-refractivity contribution in [1.29, 1.82) is 0 Å². The third-order valence-corrected chi connectivity index (χ3v) is 3.37. The maximum Gasteiger partial charge on any atom is 0.337 e. The second kappa shape index (κ2) is 6.39. The highest BCUT2D eigenvalue weighted by molar-refractivity contribution is 6.35. The predicted molar refractivity (Wildman–Crippen MR) is 79.4 cm³/mol. The molecule has 0 amide bonds. The summed E-state index contributed by atoms with van der Waals surface area (Å²) >= 11 is 6.16. The number of rotatable bonds is 5. The van der Waals surface area contributed by atoms with Crippen LogP contribution in [0.15, 0.2) is 42.6 Å². The number of pyridine rings is 1. The molecule has 1 aromatic carbocycles. The summed E-state index contributed by atoms with van der Waals surface area (Å²) in [5.41, 5.74) is 1.19. The molecule has 104 valence electrons. The van der Waals surface area contributed by atoms with E-state index in [0.29, 0.717) is 18.9 Å². The summed E-state index contributed by atoms with van der Waals surface area (Å²) in [6, 6.07) is 11.3. The molecule has 0 fully saturated rings. The van der Waals surface area contributed by atoms with Crippen molar-refractivity contribution in [2.45, 2.75) is 13.5 Å². The summed E-state index contributed by atoms with van der Waals surface area (Å²) in [4.78, 5) is 17.3. The van der Waals surface area contributed by atoms with E-state index in [1.54, 1.807) is 0 Å². The van der Waals surface area contributed by atoms with Crippen molar-refractivity contribution in [2.75, 3.05) is 11.4 Å². The molecular weight excluding hydrogens is 276 g/mol. The number of nitrogens with zero attached hydrogens (tertiary/aromatic N) is 2. The Morgan fingerprint density at radius 3 is 2.60 bits per heavy atom. The lowest BCUT2D eigenvalue weighted by molar-refractivity contribution is 0.0697. The molecule has 5 heteroatoms. The van der Waals surface area contributed by atoms with Crippen LogP contribution in [-0.4, -0.2) is 22.6 Å². The van der Waals surface area contributed by atoms with Crippen LogP contribution in [0.1, 0.15) is 22.8 Å². The topological polar surface area (TPSA) is 53.4 Å². The van der Waals surface area contributed by atoms with Crippen molar-refractivity contribution >= 4 is 23.4 Å². The van der Waals surface area contributed by atoms with E-state index in [2.05, 4.69) is 4.98 Å². The molecule has 4 nitrogen and oxygen atoms in total. The molecule has 1 heterocycles. The van der Waals surface area contributed by atoms with Gasteiger partial charge in [-0.2, -0.15) is 0 Å². The molecule has 0 aliphatic rings. The number of hydrogen-bond acceptors (Lipinski definition) is 3. The summed E-state index contributed by atoms with van der Waals surface area (Å²) in [5.74, 6) is -0.549. The van der Waals surface area contributed by atoms with Crippen molar-refractivity contribution in [3.63, 3.8) is 0 Å². The van der Waals surface area contributed by atoms with Gasteiger partial charge in [-0.05, 0) is 18.6 Å². The minimum absolute atomic E-state index is 0.0724. The Morgan fingerprint density at radius 1 is 1.30 bits per heavy atom. The molecule has 1 N–H and O–H groups in total. The lowest BCUT2D eigenvalue weighted by Gasteiger charge is -2.23. The Hall–Kier alpha value is -2.07. The molecule has 2 aromatic rings. The third-order valence-electron chi connectivity index (χ3n) is 3.00. The second-order valence-electron chi connectivity index (χ2n) is 4.30. The fourth-order valence-electron chi connectivity index (χ4n) is 1.96. The third kappa shape index (κ3) is 3.08. The standard InChI is InChI=1S/C15H15ClN2O2/c1-2-18(10-11-6-4-3-5-7-11)14-13(16)12(15(19)20)8-9-17-14/h3-9H,2,10H2,1H3,(H,19,20). The molecule has 0 saturated heterocycles. The van der Waals surface area contributed by atoms with Gasteiger partial charge in [0.25, 0.3) is 0 Å². The fraction of sp³-hybridized carbons (Fsp3) is 0.200. The summed E-state index contributed by atoms with van der Waals surface area (Å²) in [5, 5.41) is 9.28. The molecular formula is C15H15ClN2O2. The Kier molecular flexibility index (Phi) is 4.58. The highest BCUT2D eigenvalue weighted by Gasteiger charge is 2.17. The van der Waals surface area contributed by atoms with E-state index in [1.165, 1.54) is 12.3 Å². The minimum Gasteiger partial charge on any atom is -0.478 e. The molecule has 0 spiro atoms. The largest absolute Gasteiger partial charge is 0.478 e. The number of aromatic carboxylic acids is 1. The lowest BCUT2D eigenvalue weighted by atomic mass is 10.2. The number of hydrogen-bond donors (Lipinski definition) is 1. The van der Waals surface area contributed by atoms with Crippen molar-refractivity contribution in [3.05, 3.63) is 58.7 Å². The zero-order valence-corrected chi connectivity index (χ0v) is 11.8. The first-order chi connectivity index (χ1) is 9.63. The summed E-state index contributed by atoms with van der Waals surface area (Å²) in [6.07, 6.45) is 1.47. The highest BCUT2D eigenvalue weighted by atomic mass is 35.5. The zero-order valence-electron chi connectivity index (χ0n) is 11.1. The molecule has 0 aliphatic carbocycles. The van der Waals surface area contributed by atoms with Crippen molar-refractivity contribution in [3.8, 4) is 0 Å². The fourth-order valence-corrected chi connectivity index (χ4v) is 2.27. The first-order valence-electron chi connectivity index (χ1n) is 6.30. The number of carbonyl (C=O) groups is 1. The monoisotopic (exact) mass is 290 g/mol. The molecule has 0 unspecified atom stereocenters. The number of halogens is 1. The first kappa shape index (κ1) is 14.3. The second-order valence-corrected chi connectivity index (χ2v) is 4.68. The molecule has 2 rings (SSSR count). The SMILES string of the molecule is CCN(Cc1ccccc1)c1nccc(C(=O)O)c1Cl. The van der Waals surface area contributed by atoms with E-state index in [4.69, 9.17) is 16.7 Å². The van der Waals surface area contributed by atoms with Crippen LogP contribution in [0.4, 0.5) is 5.82 Å². The minimum atomic E-state index is -1.05. The average molecular weight is 291 g/mol. The molecule has 0 bridgehead atoms. The highest BCUT2D eigenvalue weighted by Crippen LogP contribution is 2.27. The van der Waals surface area contributed by atoms with Crippen LogP contribution in [-0.2, 0) is 6.54 Å². The summed E-state index contributed by atoms with van der Waals surface area (Å²) in [6.45, 7) is 3.30. The maximum atomic E-state index is 11.1. The summed E-state index contributed by atoms with van der Waals surface area (Å²) < 4.78 is 0. The van der Waals surface area contributed by atoms with Gasteiger partial charge in [-0.25, -0.2) is 9.78 Å². The van der Waals surface area contributed by atoms with Crippen LogP contribution in [0.25, 0.3) is 0 Å². The van der Waals surface area contributed by atoms with Gasteiger partial charge in [-0.1, -0.05) is 41.9 Å². The van der Waals surface area contributed by atoms with Crippen LogP contribution in [0.3, 0.4) is 0 Å². The van der Waals surface area contributed by atoms with Gasteiger partial charge in [0.1, 0.15) is 5.82 Å². The van der Waals surface area contributed by atoms with Gasteiger partial charge in [0.2, 0.25) is 0 Å². The van der Waals surface area contributed by atoms with Crippen LogP contribution < -0.4 is 4.90 Å². The van der Waals surface area contributed by atoms with Gasteiger partial charge in [0.05, 0.1) is 10.6 Å². The maximum absolute atomic E-state index is 11.1. The van der Waals surface area contributed by atoms with E-state index >= 15 is 0 Å². The smallest absolute Gasteiger partial charge is 0.337 e. The van der Waals surface area contributed by atoms with Crippen molar-refractivity contribution < 1.29 is 9.90 Å². The first-order valence-corrected chi connectivity index (χ1v) is 6.68. The van der Waals surface area contributed by atoms with Gasteiger partial charge < -0.3 is 10.0 Å². The van der Waals surface area contributed by atoms with Crippen molar-refractivity contribution in [2.24, 2.45) is 0 Å². The number of carboxylic acid groups (broad SMARTS) is 1. The van der Waals surface area contributed by atoms with E-state index in [1.807, 2.05) is 42.2 Å². The molecule has 20 heavy (non-hydrogen) atoms. The lowest BCUT2D eigenvalue weighted by Crippen LogP contribution is -2.24. The van der Waals surface area contributed by atoms with E-state index in [9.17, 15) is 4.79 Å². The molecule has 0 atom stereocenters. The zero-order chi connectivity index (χ0) is 14.5. The Morgan fingerprint density at radius 2 is 2.00 bits per heavy atom. The Bertz CT molecular complexity index is 602. The number of carboxylic acids is 1. The summed E-state index contributed by atoms with van der Waals surface area (Å²) in [7, 11) is 0. The van der Waals surface area contributed by atoms with Crippen LogP contribution in [0, 0.1) is 0 Å².